The van der Waals surface area contributed by atoms with Crippen LogP contribution >= 0.6 is 0 Å². The van der Waals surface area contributed by atoms with Gasteiger partial charge in [-0.05, 0) is 18.4 Å². The molecule has 2 heterocycles. The summed E-state index contributed by atoms with van der Waals surface area (Å²) in [5, 5.41) is 14.3. The van der Waals surface area contributed by atoms with Gasteiger partial charge in [-0.25, -0.2) is 4.79 Å². The number of nitrogens with zero attached hydrogens (tertiary/aromatic N) is 2. The van der Waals surface area contributed by atoms with Crippen LogP contribution < -0.4 is 16.0 Å². The molecule has 0 saturated carbocycles. The summed E-state index contributed by atoms with van der Waals surface area (Å²) in [4.78, 5) is 12.8. The summed E-state index contributed by atoms with van der Waals surface area (Å²) in [6.45, 7) is 0.690. The molecule has 1 aromatic heterocycles. The maximum atomic E-state index is 12.8. The minimum absolute atomic E-state index is 0.0222. The summed E-state index contributed by atoms with van der Waals surface area (Å²) >= 11 is 0. The summed E-state index contributed by atoms with van der Waals surface area (Å²) in [5.41, 5.74) is 3.00. The van der Waals surface area contributed by atoms with E-state index in [1.165, 1.54) is 5.56 Å². The maximum absolute atomic E-state index is 12.8. The second-order valence-electron chi connectivity index (χ2n) is 7.88. The van der Waals surface area contributed by atoms with Crippen LogP contribution in [0.5, 0.6) is 0 Å². The summed E-state index contributed by atoms with van der Waals surface area (Å²) in [7, 11) is 3.54. The number of benzene rings is 2. The zero-order valence-corrected chi connectivity index (χ0v) is 17.9. The van der Waals surface area contributed by atoms with Crippen molar-refractivity contribution in [2.75, 3.05) is 19.0 Å². The standard InChI is InChI=1S/C24H29N5O2/c1-29-22(16-20(28-29)17-9-5-3-6-10-17)27-24(30)26-21-15-19(13-14-31-2)25-23(21)18-11-7-4-8-12-18/h3-12,16,19,21,23,25H,13-15H2,1-2H3,(H2,26,27,30)/t19?,21-,23+/m1/s1. The first-order chi connectivity index (χ1) is 15.1. The Labute approximate surface area is 182 Å². The van der Waals surface area contributed by atoms with Crippen molar-refractivity contribution in [3.05, 3.63) is 72.3 Å². The third-order valence-electron chi connectivity index (χ3n) is 5.69. The molecule has 1 aliphatic heterocycles. The summed E-state index contributed by atoms with van der Waals surface area (Å²) in [5.74, 6) is 0.648. The van der Waals surface area contributed by atoms with Gasteiger partial charge in [0.1, 0.15) is 5.82 Å². The molecular weight excluding hydrogens is 390 g/mol. The first kappa shape index (κ1) is 21.1. The molecule has 7 nitrogen and oxygen atoms in total. The Balaban J connectivity index is 1.44. The van der Waals surface area contributed by atoms with Crippen molar-refractivity contribution in [1.82, 2.24) is 20.4 Å². The SMILES string of the molecule is COCCC1C[C@@H](NC(=O)Nc2cc(-c3ccccc3)nn2C)[C@H](c2ccccc2)N1. The normalized spacial score (nSPS) is 20.5. The van der Waals surface area contributed by atoms with Crippen LogP contribution in [0.4, 0.5) is 10.6 Å². The Hall–Kier alpha value is -3.16. The number of nitrogens with one attached hydrogen (secondary N) is 3. The Morgan fingerprint density at radius 3 is 2.58 bits per heavy atom. The number of urea groups is 1. The first-order valence-electron chi connectivity index (χ1n) is 10.6. The molecule has 7 heteroatoms. The molecule has 3 atom stereocenters. The van der Waals surface area contributed by atoms with Crippen LogP contribution in [0.25, 0.3) is 11.3 Å². The van der Waals surface area contributed by atoms with Crippen LogP contribution in [0.3, 0.4) is 0 Å². The summed E-state index contributed by atoms with van der Waals surface area (Å²) in [6.07, 6.45) is 1.75. The molecule has 0 aliphatic carbocycles. The van der Waals surface area contributed by atoms with Crippen LogP contribution in [-0.4, -0.2) is 41.6 Å². The Kier molecular flexibility index (Phi) is 6.64. The third kappa shape index (κ3) is 5.13. The van der Waals surface area contributed by atoms with Crippen molar-refractivity contribution in [2.24, 2.45) is 7.05 Å². The molecule has 3 aromatic rings. The van der Waals surface area contributed by atoms with Crippen LogP contribution in [0.2, 0.25) is 0 Å². The third-order valence-corrected chi connectivity index (χ3v) is 5.69. The van der Waals surface area contributed by atoms with Gasteiger partial charge in [0.15, 0.2) is 0 Å². The van der Waals surface area contributed by atoms with Gasteiger partial charge in [-0.1, -0.05) is 60.7 Å². The molecular formula is C24H29N5O2. The van der Waals surface area contributed by atoms with Gasteiger partial charge in [-0.15, -0.1) is 0 Å². The number of aryl methyl sites for hydroxylation is 1. The smallest absolute Gasteiger partial charge is 0.320 e. The Bertz CT molecular complexity index is 990. The number of amides is 2. The molecule has 162 valence electrons. The van der Waals surface area contributed by atoms with Gasteiger partial charge in [-0.3, -0.25) is 10.00 Å². The zero-order valence-electron chi connectivity index (χ0n) is 17.9. The van der Waals surface area contributed by atoms with Crippen molar-refractivity contribution >= 4 is 11.8 Å². The molecule has 1 unspecified atom stereocenters. The quantitative estimate of drug-likeness (QED) is 0.545. The predicted octanol–water partition coefficient (Wildman–Crippen LogP) is 3.72. The lowest BCUT2D eigenvalue weighted by Crippen LogP contribution is -2.41. The fourth-order valence-electron chi connectivity index (χ4n) is 4.13. The summed E-state index contributed by atoms with van der Waals surface area (Å²) in [6, 6.07) is 22.1. The van der Waals surface area contributed by atoms with Crippen molar-refractivity contribution < 1.29 is 9.53 Å². The molecule has 0 spiro atoms. The number of anilines is 1. The second-order valence-corrected chi connectivity index (χ2v) is 7.88. The Morgan fingerprint density at radius 1 is 1.16 bits per heavy atom. The number of ether oxygens (including phenoxy) is 1. The number of rotatable bonds is 7. The van der Waals surface area contributed by atoms with Crippen LogP contribution in [0.15, 0.2) is 66.7 Å². The highest BCUT2D eigenvalue weighted by Gasteiger charge is 2.35. The second kappa shape index (κ2) is 9.76. The molecule has 2 aromatic carbocycles. The number of carbonyl (C=O) groups is 1. The molecule has 2 amide bonds. The van der Waals surface area contributed by atoms with E-state index in [9.17, 15) is 4.79 Å². The number of aromatic nitrogens is 2. The van der Waals surface area contributed by atoms with E-state index >= 15 is 0 Å². The van der Waals surface area contributed by atoms with E-state index < -0.39 is 0 Å². The Morgan fingerprint density at radius 2 is 1.87 bits per heavy atom. The molecule has 4 rings (SSSR count). The van der Waals surface area contributed by atoms with Gasteiger partial charge in [0, 0.05) is 38.4 Å². The molecule has 1 aliphatic rings. The molecule has 31 heavy (non-hydrogen) atoms. The lowest BCUT2D eigenvalue weighted by Gasteiger charge is -2.21. The predicted molar refractivity (Wildman–Crippen MR) is 122 cm³/mol. The van der Waals surface area contributed by atoms with E-state index in [0.29, 0.717) is 12.4 Å². The number of methoxy groups -OCH3 is 1. The largest absolute Gasteiger partial charge is 0.385 e. The van der Waals surface area contributed by atoms with Gasteiger partial charge in [0.25, 0.3) is 0 Å². The number of carbonyl (C=O) groups excluding carboxylic acids is 1. The minimum Gasteiger partial charge on any atom is -0.385 e. The molecule has 0 bridgehead atoms. The van der Waals surface area contributed by atoms with Crippen LogP contribution in [0, 0.1) is 0 Å². The van der Waals surface area contributed by atoms with Gasteiger partial charge < -0.3 is 15.4 Å². The van der Waals surface area contributed by atoms with Gasteiger partial charge in [0.05, 0.1) is 17.8 Å². The van der Waals surface area contributed by atoms with E-state index in [4.69, 9.17) is 4.74 Å². The van der Waals surface area contributed by atoms with Gasteiger partial charge in [0.2, 0.25) is 0 Å². The number of hydrogen-bond donors (Lipinski definition) is 3. The van der Waals surface area contributed by atoms with E-state index in [-0.39, 0.29) is 24.2 Å². The average molecular weight is 420 g/mol. The van der Waals surface area contributed by atoms with E-state index in [1.807, 2.05) is 61.6 Å². The van der Waals surface area contributed by atoms with Gasteiger partial charge in [-0.2, -0.15) is 5.10 Å². The van der Waals surface area contributed by atoms with Gasteiger partial charge >= 0.3 is 6.03 Å². The van der Waals surface area contributed by atoms with Crippen LogP contribution in [-0.2, 0) is 11.8 Å². The van der Waals surface area contributed by atoms with E-state index in [0.717, 1.165) is 24.1 Å². The lowest BCUT2D eigenvalue weighted by molar-refractivity contribution is 0.184. The highest BCUT2D eigenvalue weighted by atomic mass is 16.5. The molecule has 3 N–H and O–H groups in total. The van der Waals surface area contributed by atoms with Crippen molar-refractivity contribution in [3.63, 3.8) is 0 Å². The molecule has 0 radical (unpaired) electrons. The van der Waals surface area contributed by atoms with Crippen molar-refractivity contribution in [2.45, 2.75) is 31.0 Å². The van der Waals surface area contributed by atoms with E-state index in [2.05, 4.69) is 33.2 Å². The average Bonchev–Trinajstić information content (AvgIpc) is 3.36. The monoisotopic (exact) mass is 419 g/mol. The highest BCUT2D eigenvalue weighted by molar-refractivity contribution is 5.89. The lowest BCUT2D eigenvalue weighted by atomic mass is 10.00. The summed E-state index contributed by atoms with van der Waals surface area (Å²) < 4.78 is 6.93. The zero-order chi connectivity index (χ0) is 21.6. The fraction of sp³-hybridized carbons (Fsp3) is 0.333. The maximum Gasteiger partial charge on any atom is 0.320 e. The van der Waals surface area contributed by atoms with Crippen LogP contribution in [0.1, 0.15) is 24.4 Å². The fourth-order valence-corrected chi connectivity index (χ4v) is 4.13. The van der Waals surface area contributed by atoms with Crippen molar-refractivity contribution in [3.8, 4) is 11.3 Å². The number of hydrogen-bond acceptors (Lipinski definition) is 4. The van der Waals surface area contributed by atoms with E-state index in [1.54, 1.807) is 11.8 Å². The topological polar surface area (TPSA) is 80.2 Å². The molecule has 1 saturated heterocycles. The van der Waals surface area contributed by atoms with Crippen molar-refractivity contribution in [1.29, 1.82) is 0 Å². The molecule has 1 fully saturated rings. The minimum atomic E-state index is -0.234. The first-order valence-corrected chi connectivity index (χ1v) is 10.6. The highest BCUT2D eigenvalue weighted by Crippen LogP contribution is 2.29.